The van der Waals surface area contributed by atoms with E-state index in [2.05, 4.69) is 0 Å². The van der Waals surface area contributed by atoms with Crippen LogP contribution in [0.25, 0.3) is 66.4 Å². The van der Waals surface area contributed by atoms with Crippen LogP contribution in [0.3, 0.4) is 0 Å². The fourth-order valence-corrected chi connectivity index (χ4v) is 9.71. The van der Waals surface area contributed by atoms with Crippen LogP contribution in [0.1, 0.15) is 129 Å². The van der Waals surface area contributed by atoms with Crippen molar-refractivity contribution in [2.45, 2.75) is 43.7 Å². The largest absolute Gasteiger partial charge is 0.453 e. The number of benzene rings is 9. The second kappa shape index (κ2) is 11.9. The number of anilines is 3. The van der Waals surface area contributed by atoms with Crippen LogP contribution < -0.4 is 4.90 Å². The Morgan fingerprint density at radius 2 is 0.825 bits per heavy atom. The number of furan rings is 1. The molecular formula is C61H43NO. The lowest BCUT2D eigenvalue weighted by atomic mass is 9.70. The van der Waals surface area contributed by atoms with E-state index in [-0.39, 0.29) is 4.90 Å². The minimum atomic E-state index is -4.22. The van der Waals surface area contributed by atoms with Gasteiger partial charge in [0, 0.05) is 54.7 Å². The fraction of sp³-hybridized carbons (Fsp3) is 0.115. The van der Waals surface area contributed by atoms with Gasteiger partial charge in [-0.3, -0.25) is 0 Å². The maximum Gasteiger partial charge on any atom is 0.159 e. The molecule has 1 heterocycles. The van der Waals surface area contributed by atoms with Gasteiger partial charge in [0.05, 0.1) is 63.6 Å². The van der Waals surface area contributed by atoms with Gasteiger partial charge >= 0.3 is 0 Å². The van der Waals surface area contributed by atoms with Crippen molar-refractivity contribution in [3.8, 4) is 44.5 Å². The Morgan fingerprint density at radius 1 is 0.365 bits per heavy atom. The molecule has 1 unspecified atom stereocenters. The number of hydrogen-bond donors (Lipinski definition) is 0. The highest BCUT2D eigenvalue weighted by molar-refractivity contribution is 6.17. The monoisotopic (exact) mass is 848 g/mol. The molecule has 2 nitrogen and oxygen atoms in total. The SMILES string of the molecule is [2H]c1cc2c(c([2H])c1[2H])-c1c([2H])c([2H])c([2H])c([2H])c1C21c2c([2H])c([2H])c([2H])c([2H])c2-c2c1c([2H])c([2H])c1c2oc2c(N(c3c([2H])c([2H])c([2H])c4c3-c3c([2H])c([2H])c([2H])c([2H])c3C4(C([2H])([2H])[2H])C([2H])([2H])[2H])c3c([2H])c([2H])c([2H])c4c3-c3c([2H])c([2H])c([2H])c([2H])c3C4(C([2H])([2H])[2H])C([2H])([2H])[2H])c([2H])c([2H])c([2H])c21. The molecule has 0 radical (unpaired) electrons. The van der Waals surface area contributed by atoms with E-state index in [1.165, 1.54) is 0 Å². The zero-order valence-electron chi connectivity index (χ0n) is 73.4. The molecule has 0 saturated carbocycles. The highest BCUT2D eigenvalue weighted by atomic mass is 16.3. The van der Waals surface area contributed by atoms with E-state index in [1.807, 2.05) is 0 Å². The predicted molar refractivity (Wildman–Crippen MR) is 260 cm³/mol. The minimum absolute atomic E-state index is 0.180. The minimum Gasteiger partial charge on any atom is -0.453 e. The molecule has 0 amide bonds. The van der Waals surface area contributed by atoms with Gasteiger partial charge in [0.1, 0.15) is 5.58 Å². The highest BCUT2D eigenvalue weighted by Gasteiger charge is 2.52. The maximum atomic E-state index is 10.3. The normalized spacial score (nSPS) is 27.5. The van der Waals surface area contributed by atoms with Gasteiger partial charge in [-0.15, -0.1) is 0 Å². The molecule has 1 atom stereocenters. The van der Waals surface area contributed by atoms with Crippen LogP contribution in [0.15, 0.2) is 192 Å². The molecule has 14 rings (SSSR count). The summed E-state index contributed by atoms with van der Waals surface area (Å²) in [5, 5.41) is -1.91. The van der Waals surface area contributed by atoms with Gasteiger partial charge in [-0.05, 0) is 90.5 Å². The summed E-state index contributed by atoms with van der Waals surface area (Å²) in [6.07, 6.45) is 0. The first-order valence-corrected chi connectivity index (χ1v) is 18.9. The highest BCUT2D eigenvalue weighted by Crippen LogP contribution is 2.65. The van der Waals surface area contributed by atoms with Crippen LogP contribution >= 0.6 is 0 Å². The smallest absolute Gasteiger partial charge is 0.159 e. The van der Waals surface area contributed by atoms with Crippen molar-refractivity contribution in [1.29, 1.82) is 0 Å². The topological polar surface area (TPSA) is 16.4 Å². The van der Waals surface area contributed by atoms with Gasteiger partial charge in [0.25, 0.3) is 0 Å². The van der Waals surface area contributed by atoms with Gasteiger partial charge in [-0.25, -0.2) is 0 Å². The van der Waals surface area contributed by atoms with E-state index in [0.717, 1.165) is 6.07 Å². The molecule has 2 heteroatoms. The standard InChI is InChI=1S/C61H43NO/c1-59(2)43-24-10-7-20-40(43)54-48(59)29-16-31-51(54)62(52-32-17-30-49-55(52)41-21-8-11-25-44(41)60(49,3)4)53-33-15-23-38-39-34-35-50-56(58(39)63-57(38)53)42-22-9-14-28-47(42)61(50)45-26-12-5-18-36(45)37-19-6-13-27-46(37)61/h5-35H,1-4H3/i1D3,2D3,3D3,4D3,5D,6D,7D,8D,9D,10D,11D,12D,13D,14D,15D,16D,17D,18D,19D,20D,21D,22D,23D,24D,25D,26D,28D,29D,30D,31D,32D,33D,34D,35D. The van der Waals surface area contributed by atoms with Gasteiger partial charge in [-0.2, -0.15) is 0 Å². The van der Waals surface area contributed by atoms with Crippen molar-refractivity contribution in [2.75, 3.05) is 4.90 Å². The molecular weight excluding hydrogens is 763 g/mol. The Hall–Kier alpha value is -7.42. The van der Waals surface area contributed by atoms with Crippen LogP contribution in [0.2, 0.25) is 0 Å². The Kier molecular flexibility index (Phi) is 2.57. The van der Waals surface area contributed by atoms with Crippen molar-refractivity contribution in [3.63, 3.8) is 0 Å². The lowest BCUT2D eigenvalue weighted by Crippen LogP contribution is -2.25. The van der Waals surface area contributed by atoms with Crippen molar-refractivity contribution in [1.82, 2.24) is 0 Å². The first-order chi connectivity index (χ1) is 48.3. The Labute approximate surface area is 426 Å². The molecule has 0 N–H and O–H groups in total. The van der Waals surface area contributed by atoms with Crippen molar-refractivity contribution in [3.05, 3.63) is 232 Å². The first-order valence-electron chi connectivity index (χ1n) is 39.9. The molecule has 4 aliphatic carbocycles. The van der Waals surface area contributed by atoms with Crippen LogP contribution in [0, 0.1) is 0 Å². The van der Waals surface area contributed by atoms with Crippen molar-refractivity contribution < 1.29 is 62.0 Å². The van der Waals surface area contributed by atoms with Gasteiger partial charge in [0.2, 0.25) is 0 Å². The van der Waals surface area contributed by atoms with Crippen LogP contribution in [0.4, 0.5) is 17.1 Å². The van der Waals surface area contributed by atoms with E-state index in [1.54, 1.807) is 0 Å². The molecule has 4 aliphatic rings. The molecule has 0 bridgehead atoms. The number of hydrogen-bond acceptors (Lipinski definition) is 2. The van der Waals surface area contributed by atoms with Gasteiger partial charge in [0.15, 0.2) is 5.58 Å². The molecule has 0 saturated heterocycles. The summed E-state index contributed by atoms with van der Waals surface area (Å²) in [4.78, 5) is 0.180. The molecule has 9 aromatic carbocycles. The third kappa shape index (κ3) is 4.15. The number of nitrogens with zero attached hydrogens (tertiary/aromatic N) is 1. The fourth-order valence-electron chi connectivity index (χ4n) is 9.71. The molecule has 1 spiro atoms. The van der Waals surface area contributed by atoms with Crippen molar-refractivity contribution in [2.24, 2.45) is 0 Å². The summed E-state index contributed by atoms with van der Waals surface area (Å²) in [6.45, 7) is -16.9. The van der Waals surface area contributed by atoms with E-state index >= 15 is 0 Å². The molecule has 10 aromatic rings. The zero-order chi connectivity index (χ0) is 78.1. The average Bonchev–Trinajstić information content (AvgIpc) is 1.49. The summed E-state index contributed by atoms with van der Waals surface area (Å²) in [7, 11) is 0. The van der Waals surface area contributed by atoms with E-state index < -0.39 is 353 Å². The quantitative estimate of drug-likeness (QED) is 0.176. The first kappa shape index (κ1) is 13.5. The Balaban J connectivity index is 1.32. The second-order valence-corrected chi connectivity index (χ2v) is 15.1. The molecule has 298 valence electrons. The van der Waals surface area contributed by atoms with Crippen LogP contribution in [-0.2, 0) is 16.2 Å². The number of rotatable bonds is 3. The number of para-hydroxylation sites is 1. The van der Waals surface area contributed by atoms with Crippen LogP contribution in [0.5, 0.6) is 0 Å². The zero-order valence-corrected chi connectivity index (χ0v) is 31.4. The lowest BCUT2D eigenvalue weighted by Gasteiger charge is -2.31. The van der Waals surface area contributed by atoms with Gasteiger partial charge < -0.3 is 9.32 Å². The van der Waals surface area contributed by atoms with E-state index in [9.17, 15) is 46.6 Å². The van der Waals surface area contributed by atoms with E-state index in [4.69, 9.17) is 15.4 Å². The number of fused-ring (bicyclic) bond motifs is 20. The maximum absolute atomic E-state index is 10.3. The third-order valence-electron chi connectivity index (χ3n) is 12.2. The molecule has 0 fully saturated rings. The van der Waals surface area contributed by atoms with Crippen molar-refractivity contribution >= 4 is 39.0 Å². The Morgan fingerprint density at radius 3 is 1.44 bits per heavy atom. The summed E-state index contributed by atoms with van der Waals surface area (Å²) < 4.78 is 403. The third-order valence-corrected chi connectivity index (χ3v) is 12.2. The molecule has 1 aromatic heterocycles. The summed E-state index contributed by atoms with van der Waals surface area (Å²) in [5.41, 5.74) is -33.7. The molecule has 63 heavy (non-hydrogen) atoms. The second-order valence-electron chi connectivity index (χ2n) is 15.1. The summed E-state index contributed by atoms with van der Waals surface area (Å²) in [6, 6.07) is -36.6. The average molecular weight is 848 g/mol. The predicted octanol–water partition coefficient (Wildman–Crippen LogP) is 16.0. The summed E-state index contributed by atoms with van der Waals surface area (Å²) >= 11 is 0. The lowest BCUT2D eigenvalue weighted by molar-refractivity contribution is 0.660. The molecule has 0 aliphatic heterocycles. The van der Waals surface area contributed by atoms with Crippen LogP contribution in [-0.4, -0.2) is 0 Å². The Bertz CT molecular complexity index is 5670. The van der Waals surface area contributed by atoms with E-state index in [0.29, 0.717) is 0 Å². The van der Waals surface area contributed by atoms with Gasteiger partial charge in [-0.1, -0.05) is 197 Å². The summed E-state index contributed by atoms with van der Waals surface area (Å²) in [5.74, 6) is 0.